The summed E-state index contributed by atoms with van der Waals surface area (Å²) in [5.74, 6) is -0.579. The smallest absolute Gasteiger partial charge is 0.407 e. The van der Waals surface area contributed by atoms with Crippen LogP contribution in [0.5, 0.6) is 0 Å². The fourth-order valence-electron chi connectivity index (χ4n) is 2.14. The van der Waals surface area contributed by atoms with Gasteiger partial charge in [-0.3, -0.25) is 0 Å². The Bertz CT molecular complexity index is 736. The van der Waals surface area contributed by atoms with Gasteiger partial charge in [-0.25, -0.2) is 14.6 Å². The molecule has 2 atom stereocenters. The molecule has 1 aromatic carbocycles. The van der Waals surface area contributed by atoms with E-state index in [0.29, 0.717) is 0 Å². The zero-order chi connectivity index (χ0) is 19.6. The highest BCUT2D eigenvalue weighted by Gasteiger charge is 2.23. The van der Waals surface area contributed by atoms with Crippen LogP contribution in [-0.4, -0.2) is 46.5 Å². The molecule has 1 amide bonds. The first kappa shape index (κ1) is 20.8. The van der Waals surface area contributed by atoms with Crippen molar-refractivity contribution in [3.05, 3.63) is 52.0 Å². The minimum absolute atomic E-state index is 0.0886. The lowest BCUT2D eigenvalue weighted by molar-refractivity contribution is 0.0133. The van der Waals surface area contributed by atoms with Gasteiger partial charge in [-0.15, -0.1) is 11.3 Å². The van der Waals surface area contributed by atoms with Crippen LogP contribution in [0.25, 0.3) is 0 Å². The number of aliphatic hydroxyl groups is 2. The molecule has 0 spiro atoms. The standard InChI is InChI=1S/C18H22N2O6S/c1-2-25-17(23)13-11-27-16(20-13)15(22)14(21)8-9-19-18(24)26-10-12-6-4-3-5-7-12/h3-7,11,14-15,21-22H,2,8-10H2,1H3,(H,19,24). The molecule has 0 fully saturated rings. The molecule has 1 heterocycles. The minimum Gasteiger partial charge on any atom is -0.461 e. The zero-order valence-corrected chi connectivity index (χ0v) is 15.6. The fraction of sp³-hybridized carbons (Fsp3) is 0.389. The maximum Gasteiger partial charge on any atom is 0.407 e. The Hall–Kier alpha value is -2.49. The average Bonchev–Trinajstić information content (AvgIpc) is 3.17. The molecule has 0 aliphatic heterocycles. The summed E-state index contributed by atoms with van der Waals surface area (Å²) in [6, 6.07) is 9.24. The van der Waals surface area contributed by atoms with Crippen molar-refractivity contribution in [1.82, 2.24) is 10.3 Å². The second-order valence-corrected chi connectivity index (χ2v) is 6.47. The molecule has 0 saturated heterocycles. The van der Waals surface area contributed by atoms with Gasteiger partial charge < -0.3 is 25.0 Å². The van der Waals surface area contributed by atoms with E-state index in [0.717, 1.165) is 16.9 Å². The van der Waals surface area contributed by atoms with Crippen LogP contribution in [-0.2, 0) is 16.1 Å². The van der Waals surface area contributed by atoms with E-state index in [9.17, 15) is 19.8 Å². The lowest BCUT2D eigenvalue weighted by atomic mass is 10.1. The Balaban J connectivity index is 1.72. The zero-order valence-electron chi connectivity index (χ0n) is 14.8. The predicted molar refractivity (Wildman–Crippen MR) is 98.3 cm³/mol. The summed E-state index contributed by atoms with van der Waals surface area (Å²) in [5, 5.41) is 24.4. The van der Waals surface area contributed by atoms with E-state index in [1.54, 1.807) is 6.92 Å². The van der Waals surface area contributed by atoms with Gasteiger partial charge in [0.25, 0.3) is 0 Å². The number of alkyl carbamates (subject to hydrolysis) is 1. The molecule has 9 heteroatoms. The number of aliphatic hydroxyl groups excluding tert-OH is 2. The topological polar surface area (TPSA) is 118 Å². The number of benzene rings is 1. The Labute approximate surface area is 160 Å². The van der Waals surface area contributed by atoms with Crippen molar-refractivity contribution in [1.29, 1.82) is 0 Å². The molecule has 3 N–H and O–H groups in total. The van der Waals surface area contributed by atoms with E-state index in [2.05, 4.69) is 10.3 Å². The number of aromatic nitrogens is 1. The predicted octanol–water partition coefficient (Wildman–Crippen LogP) is 2.03. The number of ether oxygens (including phenoxy) is 2. The molecule has 1 aromatic heterocycles. The lowest BCUT2D eigenvalue weighted by Crippen LogP contribution is -2.29. The number of amides is 1. The molecular formula is C18H22N2O6S. The van der Waals surface area contributed by atoms with Gasteiger partial charge in [-0.05, 0) is 18.9 Å². The maximum atomic E-state index is 11.6. The van der Waals surface area contributed by atoms with Crippen molar-refractivity contribution in [2.24, 2.45) is 0 Å². The van der Waals surface area contributed by atoms with Crippen LogP contribution in [0.1, 0.15) is 40.5 Å². The van der Waals surface area contributed by atoms with E-state index >= 15 is 0 Å². The first-order valence-corrected chi connectivity index (χ1v) is 9.32. The number of thiazole rings is 1. The summed E-state index contributed by atoms with van der Waals surface area (Å²) in [5.41, 5.74) is 0.954. The third-order valence-corrected chi connectivity index (χ3v) is 4.46. The number of esters is 1. The van der Waals surface area contributed by atoms with E-state index in [-0.39, 0.29) is 36.9 Å². The summed E-state index contributed by atoms with van der Waals surface area (Å²) in [4.78, 5) is 27.2. The van der Waals surface area contributed by atoms with Gasteiger partial charge >= 0.3 is 12.1 Å². The van der Waals surface area contributed by atoms with Crippen molar-refractivity contribution in [3.8, 4) is 0 Å². The molecule has 146 valence electrons. The van der Waals surface area contributed by atoms with Crippen LogP contribution in [0, 0.1) is 0 Å². The summed E-state index contributed by atoms with van der Waals surface area (Å²) in [7, 11) is 0. The highest BCUT2D eigenvalue weighted by atomic mass is 32.1. The molecule has 0 aliphatic carbocycles. The molecule has 2 aromatic rings. The van der Waals surface area contributed by atoms with Gasteiger partial charge in [0.05, 0.1) is 12.7 Å². The summed E-state index contributed by atoms with van der Waals surface area (Å²) < 4.78 is 9.88. The minimum atomic E-state index is -1.26. The third kappa shape index (κ3) is 6.63. The monoisotopic (exact) mass is 394 g/mol. The number of carbonyl (C=O) groups is 2. The number of nitrogens with zero attached hydrogens (tertiary/aromatic N) is 1. The number of hydrogen-bond acceptors (Lipinski definition) is 8. The Kier molecular flexibility index (Phi) is 8.18. The first-order chi connectivity index (χ1) is 13.0. The molecule has 0 saturated carbocycles. The quantitative estimate of drug-likeness (QED) is 0.557. The average molecular weight is 394 g/mol. The van der Waals surface area contributed by atoms with Crippen molar-refractivity contribution in [2.75, 3.05) is 13.2 Å². The summed E-state index contributed by atoms with van der Waals surface area (Å²) in [6.45, 7) is 2.17. The number of carbonyl (C=O) groups excluding carboxylic acids is 2. The molecule has 0 radical (unpaired) electrons. The van der Waals surface area contributed by atoms with Crippen LogP contribution in [0.15, 0.2) is 35.7 Å². The van der Waals surface area contributed by atoms with Gasteiger partial charge in [-0.2, -0.15) is 0 Å². The van der Waals surface area contributed by atoms with Crippen molar-refractivity contribution < 1.29 is 29.3 Å². The Morgan fingerprint density at radius 2 is 1.96 bits per heavy atom. The second-order valence-electron chi connectivity index (χ2n) is 5.58. The molecule has 27 heavy (non-hydrogen) atoms. The molecule has 0 bridgehead atoms. The fourth-order valence-corrected chi connectivity index (χ4v) is 2.97. The molecule has 2 unspecified atom stereocenters. The van der Waals surface area contributed by atoms with Gasteiger partial charge in [0.1, 0.15) is 17.7 Å². The molecular weight excluding hydrogens is 372 g/mol. The second kappa shape index (κ2) is 10.6. The van der Waals surface area contributed by atoms with E-state index in [1.807, 2.05) is 30.3 Å². The number of rotatable bonds is 9. The highest BCUT2D eigenvalue weighted by Crippen LogP contribution is 2.23. The number of hydrogen-bond donors (Lipinski definition) is 3. The normalized spacial score (nSPS) is 12.9. The van der Waals surface area contributed by atoms with E-state index < -0.39 is 24.3 Å². The maximum absolute atomic E-state index is 11.6. The van der Waals surface area contributed by atoms with Crippen LogP contribution in [0.3, 0.4) is 0 Å². The van der Waals surface area contributed by atoms with E-state index in [4.69, 9.17) is 9.47 Å². The first-order valence-electron chi connectivity index (χ1n) is 8.44. The summed E-state index contributed by atoms with van der Waals surface area (Å²) in [6.07, 6.45) is -2.93. The third-order valence-electron chi connectivity index (χ3n) is 3.55. The van der Waals surface area contributed by atoms with Crippen LogP contribution in [0.4, 0.5) is 4.79 Å². The van der Waals surface area contributed by atoms with Crippen molar-refractivity contribution in [2.45, 2.75) is 32.2 Å². The van der Waals surface area contributed by atoms with Gasteiger partial charge in [0.15, 0.2) is 5.69 Å². The van der Waals surface area contributed by atoms with Gasteiger partial charge in [0.2, 0.25) is 0 Å². The lowest BCUT2D eigenvalue weighted by Gasteiger charge is -2.16. The van der Waals surface area contributed by atoms with Gasteiger partial charge in [0, 0.05) is 11.9 Å². The highest BCUT2D eigenvalue weighted by molar-refractivity contribution is 7.09. The molecule has 0 aliphatic rings. The molecule has 8 nitrogen and oxygen atoms in total. The van der Waals surface area contributed by atoms with Crippen LogP contribution >= 0.6 is 11.3 Å². The summed E-state index contributed by atoms with van der Waals surface area (Å²) >= 11 is 1.05. The molecule has 2 rings (SSSR count). The Morgan fingerprint density at radius 1 is 1.22 bits per heavy atom. The number of nitrogens with one attached hydrogen (secondary N) is 1. The SMILES string of the molecule is CCOC(=O)c1csc(C(O)C(O)CCNC(=O)OCc2ccccc2)n1. The van der Waals surface area contributed by atoms with Crippen molar-refractivity contribution >= 4 is 23.4 Å². The van der Waals surface area contributed by atoms with E-state index in [1.165, 1.54) is 5.38 Å². The van der Waals surface area contributed by atoms with Crippen LogP contribution < -0.4 is 5.32 Å². The van der Waals surface area contributed by atoms with Crippen LogP contribution in [0.2, 0.25) is 0 Å². The van der Waals surface area contributed by atoms with Crippen molar-refractivity contribution in [3.63, 3.8) is 0 Å². The largest absolute Gasteiger partial charge is 0.461 e. The Morgan fingerprint density at radius 3 is 2.67 bits per heavy atom. The van der Waals surface area contributed by atoms with Gasteiger partial charge in [-0.1, -0.05) is 30.3 Å².